The Kier molecular flexibility index (Phi) is 1.91. The van der Waals surface area contributed by atoms with Crippen molar-refractivity contribution in [3.63, 3.8) is 0 Å². The summed E-state index contributed by atoms with van der Waals surface area (Å²) in [5.41, 5.74) is 6.13. The second kappa shape index (κ2) is 3.26. The van der Waals surface area contributed by atoms with Gasteiger partial charge in [0, 0.05) is 5.92 Å². The zero-order valence-corrected chi connectivity index (χ0v) is 10.4. The van der Waals surface area contributed by atoms with Crippen LogP contribution in [0.5, 0.6) is 0 Å². The lowest BCUT2D eigenvalue weighted by Crippen LogP contribution is -2.43. The van der Waals surface area contributed by atoms with E-state index in [1.165, 1.54) is 25.7 Å². The molecule has 0 atom stereocenters. The molecular formula is C11H15N5S. The number of aromatic nitrogens is 4. The first-order chi connectivity index (χ1) is 8.26. The minimum atomic E-state index is -0.178. The zero-order chi connectivity index (χ0) is 11.5. The van der Waals surface area contributed by atoms with Gasteiger partial charge >= 0.3 is 0 Å². The van der Waals surface area contributed by atoms with Gasteiger partial charge in [-0.1, -0.05) is 17.8 Å². The van der Waals surface area contributed by atoms with Crippen molar-refractivity contribution in [3.05, 3.63) is 10.8 Å². The van der Waals surface area contributed by atoms with Crippen molar-refractivity contribution in [1.82, 2.24) is 19.8 Å². The minimum absolute atomic E-state index is 0.178. The number of hydrogen-bond acceptors (Lipinski definition) is 5. The number of rotatable bonds is 2. The van der Waals surface area contributed by atoms with Crippen molar-refractivity contribution < 1.29 is 0 Å². The van der Waals surface area contributed by atoms with Crippen LogP contribution in [0, 0.1) is 0 Å². The molecule has 2 aliphatic carbocycles. The highest BCUT2D eigenvalue weighted by atomic mass is 32.1. The predicted octanol–water partition coefficient (Wildman–Crippen LogP) is 1.79. The first-order valence-corrected chi connectivity index (χ1v) is 7.09. The van der Waals surface area contributed by atoms with Crippen LogP contribution in [0.25, 0.3) is 4.96 Å². The lowest BCUT2D eigenvalue weighted by Gasteiger charge is -2.35. The molecule has 2 aliphatic rings. The summed E-state index contributed by atoms with van der Waals surface area (Å²) in [5, 5.41) is 14.2. The molecule has 0 spiro atoms. The fourth-order valence-corrected chi connectivity index (χ4v) is 3.53. The molecule has 6 heteroatoms. The third-order valence-electron chi connectivity index (χ3n) is 4.16. The van der Waals surface area contributed by atoms with E-state index in [2.05, 4.69) is 15.3 Å². The van der Waals surface area contributed by atoms with Crippen LogP contribution in [0.1, 0.15) is 55.3 Å². The van der Waals surface area contributed by atoms with E-state index >= 15 is 0 Å². The first-order valence-electron chi connectivity index (χ1n) is 6.28. The van der Waals surface area contributed by atoms with Crippen LogP contribution < -0.4 is 5.73 Å². The van der Waals surface area contributed by atoms with Gasteiger partial charge in [-0.15, -0.1) is 10.2 Å². The molecule has 2 heterocycles. The van der Waals surface area contributed by atoms with E-state index in [1.807, 2.05) is 4.52 Å². The van der Waals surface area contributed by atoms with Crippen LogP contribution in [-0.2, 0) is 5.54 Å². The molecule has 0 aromatic carbocycles. The SMILES string of the molecule is NC1(c2nn3c(C4CCC4)nnc3s2)CCC1. The summed E-state index contributed by atoms with van der Waals surface area (Å²) in [5.74, 6) is 1.60. The van der Waals surface area contributed by atoms with Crippen molar-refractivity contribution in [1.29, 1.82) is 0 Å². The van der Waals surface area contributed by atoms with Crippen LogP contribution in [0.2, 0.25) is 0 Å². The Morgan fingerprint density at radius 3 is 2.65 bits per heavy atom. The highest BCUT2D eigenvalue weighted by Crippen LogP contribution is 2.41. The first kappa shape index (κ1) is 9.96. The van der Waals surface area contributed by atoms with E-state index in [1.54, 1.807) is 11.3 Å². The van der Waals surface area contributed by atoms with E-state index in [0.29, 0.717) is 5.92 Å². The van der Waals surface area contributed by atoms with Crippen LogP contribution in [0.4, 0.5) is 0 Å². The summed E-state index contributed by atoms with van der Waals surface area (Å²) >= 11 is 1.61. The Morgan fingerprint density at radius 1 is 1.24 bits per heavy atom. The van der Waals surface area contributed by atoms with Gasteiger partial charge in [0.25, 0.3) is 0 Å². The van der Waals surface area contributed by atoms with E-state index in [0.717, 1.165) is 28.6 Å². The Balaban J connectivity index is 1.79. The van der Waals surface area contributed by atoms with Crippen molar-refractivity contribution in [2.75, 3.05) is 0 Å². The summed E-state index contributed by atoms with van der Waals surface area (Å²) in [6, 6.07) is 0. The molecule has 0 bridgehead atoms. The molecule has 2 fully saturated rings. The molecular weight excluding hydrogens is 234 g/mol. The molecule has 0 radical (unpaired) electrons. The number of nitrogens with two attached hydrogens (primary N) is 1. The standard InChI is InChI=1S/C11H15N5S/c12-11(5-2-6-11)9-15-16-8(7-3-1-4-7)13-14-10(16)17-9/h7H,1-6,12H2. The van der Waals surface area contributed by atoms with Crippen molar-refractivity contribution in [2.24, 2.45) is 5.73 Å². The van der Waals surface area contributed by atoms with Crippen molar-refractivity contribution >= 4 is 16.3 Å². The van der Waals surface area contributed by atoms with E-state index < -0.39 is 0 Å². The molecule has 0 amide bonds. The van der Waals surface area contributed by atoms with E-state index in [-0.39, 0.29) is 5.54 Å². The molecule has 4 rings (SSSR count). The average Bonchev–Trinajstić information content (AvgIpc) is 2.74. The van der Waals surface area contributed by atoms with Gasteiger partial charge in [-0.3, -0.25) is 0 Å². The normalized spacial score (nSPS) is 23.6. The van der Waals surface area contributed by atoms with E-state index in [4.69, 9.17) is 5.73 Å². The molecule has 90 valence electrons. The Bertz CT molecular complexity index is 563. The second-order valence-electron chi connectivity index (χ2n) is 5.30. The lowest BCUT2D eigenvalue weighted by atomic mass is 9.78. The quantitative estimate of drug-likeness (QED) is 0.881. The van der Waals surface area contributed by atoms with Gasteiger partial charge < -0.3 is 5.73 Å². The average molecular weight is 249 g/mol. The maximum Gasteiger partial charge on any atom is 0.234 e. The highest BCUT2D eigenvalue weighted by Gasteiger charge is 2.38. The number of fused-ring (bicyclic) bond motifs is 1. The molecule has 0 unspecified atom stereocenters. The lowest BCUT2D eigenvalue weighted by molar-refractivity contribution is 0.250. The van der Waals surface area contributed by atoms with Crippen LogP contribution in [-0.4, -0.2) is 19.8 Å². The molecule has 2 aromatic heterocycles. The largest absolute Gasteiger partial charge is 0.319 e. The van der Waals surface area contributed by atoms with Crippen molar-refractivity contribution in [2.45, 2.75) is 50.0 Å². The van der Waals surface area contributed by atoms with Gasteiger partial charge in [-0.2, -0.15) is 9.61 Å². The Morgan fingerprint density at radius 2 is 2.06 bits per heavy atom. The Labute approximate surface area is 103 Å². The smallest absolute Gasteiger partial charge is 0.234 e. The van der Waals surface area contributed by atoms with Gasteiger partial charge in [-0.25, -0.2) is 0 Å². The van der Waals surface area contributed by atoms with Gasteiger partial charge in [-0.05, 0) is 32.1 Å². The third-order valence-corrected chi connectivity index (χ3v) is 5.28. The Hall–Kier alpha value is -1.01. The number of nitrogens with zero attached hydrogens (tertiary/aromatic N) is 4. The molecule has 17 heavy (non-hydrogen) atoms. The highest BCUT2D eigenvalue weighted by molar-refractivity contribution is 7.16. The van der Waals surface area contributed by atoms with Crippen LogP contribution >= 0.6 is 11.3 Å². The van der Waals surface area contributed by atoms with Crippen molar-refractivity contribution in [3.8, 4) is 0 Å². The summed E-state index contributed by atoms with van der Waals surface area (Å²) < 4.78 is 1.93. The summed E-state index contributed by atoms with van der Waals surface area (Å²) in [6.07, 6.45) is 7.07. The van der Waals surface area contributed by atoms with Gasteiger partial charge in [0.1, 0.15) is 5.01 Å². The molecule has 2 N–H and O–H groups in total. The van der Waals surface area contributed by atoms with E-state index in [9.17, 15) is 0 Å². The van der Waals surface area contributed by atoms with Gasteiger partial charge in [0.2, 0.25) is 4.96 Å². The summed E-state index contributed by atoms with van der Waals surface area (Å²) in [7, 11) is 0. The van der Waals surface area contributed by atoms with Gasteiger partial charge in [0.05, 0.1) is 5.54 Å². The monoisotopic (exact) mass is 249 g/mol. The minimum Gasteiger partial charge on any atom is -0.319 e. The topological polar surface area (TPSA) is 69.1 Å². The fourth-order valence-electron chi connectivity index (χ4n) is 2.53. The maximum atomic E-state index is 6.31. The third kappa shape index (κ3) is 1.31. The molecule has 0 aliphatic heterocycles. The maximum absolute atomic E-state index is 6.31. The number of hydrogen-bond donors (Lipinski definition) is 1. The fraction of sp³-hybridized carbons (Fsp3) is 0.727. The zero-order valence-electron chi connectivity index (χ0n) is 9.59. The van der Waals surface area contributed by atoms with Gasteiger partial charge in [0.15, 0.2) is 5.82 Å². The molecule has 0 saturated heterocycles. The predicted molar refractivity (Wildman–Crippen MR) is 65.0 cm³/mol. The summed E-state index contributed by atoms with van der Waals surface area (Å²) in [4.78, 5) is 0.902. The van der Waals surface area contributed by atoms with Crippen LogP contribution in [0.15, 0.2) is 0 Å². The molecule has 2 aromatic rings. The molecule has 2 saturated carbocycles. The second-order valence-corrected chi connectivity index (χ2v) is 6.25. The van der Waals surface area contributed by atoms with Crippen LogP contribution in [0.3, 0.4) is 0 Å². The molecule has 5 nitrogen and oxygen atoms in total. The summed E-state index contributed by atoms with van der Waals surface area (Å²) in [6.45, 7) is 0.